The number of aromatic amines is 1. The summed E-state index contributed by atoms with van der Waals surface area (Å²) in [5.74, 6) is -2.25. The van der Waals surface area contributed by atoms with Gasteiger partial charge in [-0.2, -0.15) is 0 Å². The maximum absolute atomic E-state index is 11.8. The number of carboxylic acids is 2. The van der Waals surface area contributed by atoms with Gasteiger partial charge in [-0.25, -0.2) is 19.7 Å². The van der Waals surface area contributed by atoms with Gasteiger partial charge >= 0.3 is 11.9 Å². The first-order valence-corrected chi connectivity index (χ1v) is 7.59. The van der Waals surface area contributed by atoms with Crippen molar-refractivity contribution in [2.24, 2.45) is 0 Å². The maximum Gasteiger partial charge on any atom is 0.326 e. The van der Waals surface area contributed by atoms with Gasteiger partial charge < -0.3 is 25.8 Å². The number of fused-ring (bicyclic) bond motifs is 1. The zero-order valence-corrected chi connectivity index (χ0v) is 13.2. The van der Waals surface area contributed by atoms with E-state index in [2.05, 4.69) is 30.6 Å². The van der Waals surface area contributed by atoms with E-state index in [-0.39, 0.29) is 19.3 Å². The lowest BCUT2D eigenvalue weighted by molar-refractivity contribution is -0.143. The predicted molar refractivity (Wildman–Crippen MR) is 85.8 cm³/mol. The molecule has 0 aliphatic carbocycles. The van der Waals surface area contributed by atoms with Crippen LogP contribution in [0.25, 0.3) is 11.2 Å². The SMILES string of the molecule is O=C(O)CC[C@H](NC(=O)CCCNc1ncnc2nc[nH]c12)C(=O)O. The molecule has 2 aromatic rings. The second kappa shape index (κ2) is 8.57. The second-order valence-electron chi connectivity index (χ2n) is 5.24. The van der Waals surface area contributed by atoms with Crippen molar-refractivity contribution in [2.45, 2.75) is 31.7 Å². The zero-order valence-electron chi connectivity index (χ0n) is 13.2. The molecular formula is C14H18N6O5. The lowest BCUT2D eigenvalue weighted by atomic mass is 10.1. The smallest absolute Gasteiger partial charge is 0.326 e. The van der Waals surface area contributed by atoms with Crippen molar-refractivity contribution in [3.05, 3.63) is 12.7 Å². The summed E-state index contributed by atoms with van der Waals surface area (Å²) in [5, 5.41) is 23.0. The number of carboxylic acid groups (broad SMARTS) is 2. The maximum atomic E-state index is 11.8. The highest BCUT2D eigenvalue weighted by atomic mass is 16.4. The van der Waals surface area contributed by atoms with Crippen LogP contribution in [-0.4, -0.2) is 60.6 Å². The highest BCUT2D eigenvalue weighted by Gasteiger charge is 2.20. The minimum atomic E-state index is -1.25. The van der Waals surface area contributed by atoms with Gasteiger partial charge in [0.2, 0.25) is 5.91 Å². The monoisotopic (exact) mass is 350 g/mol. The molecule has 0 saturated heterocycles. The molecular weight excluding hydrogens is 332 g/mol. The number of nitrogens with zero attached hydrogens (tertiary/aromatic N) is 3. The quantitative estimate of drug-likeness (QED) is 0.369. The Balaban J connectivity index is 1.75. The fourth-order valence-corrected chi connectivity index (χ4v) is 2.15. The van der Waals surface area contributed by atoms with Gasteiger partial charge in [0, 0.05) is 19.4 Å². The number of carbonyl (C=O) groups excluding carboxylic acids is 1. The van der Waals surface area contributed by atoms with E-state index in [4.69, 9.17) is 10.2 Å². The van der Waals surface area contributed by atoms with Crippen LogP contribution in [0.4, 0.5) is 5.82 Å². The first kappa shape index (κ1) is 18.1. The number of hydrogen-bond acceptors (Lipinski definition) is 7. The van der Waals surface area contributed by atoms with Crippen LogP contribution < -0.4 is 10.6 Å². The molecule has 0 aliphatic rings. The van der Waals surface area contributed by atoms with E-state index in [9.17, 15) is 14.4 Å². The summed E-state index contributed by atoms with van der Waals surface area (Å²) in [4.78, 5) is 48.3. The third-order valence-corrected chi connectivity index (χ3v) is 3.38. The van der Waals surface area contributed by atoms with Gasteiger partial charge in [0.05, 0.1) is 6.33 Å². The molecule has 1 amide bonds. The third-order valence-electron chi connectivity index (χ3n) is 3.38. The van der Waals surface area contributed by atoms with Gasteiger partial charge in [-0.1, -0.05) is 0 Å². The van der Waals surface area contributed by atoms with Crippen LogP contribution in [-0.2, 0) is 14.4 Å². The van der Waals surface area contributed by atoms with Gasteiger partial charge in [-0.15, -0.1) is 0 Å². The minimum Gasteiger partial charge on any atom is -0.481 e. The molecule has 5 N–H and O–H groups in total. The van der Waals surface area contributed by atoms with Crippen LogP contribution in [0, 0.1) is 0 Å². The van der Waals surface area contributed by atoms with E-state index in [0.717, 1.165) is 0 Å². The largest absolute Gasteiger partial charge is 0.481 e. The van der Waals surface area contributed by atoms with Crippen LogP contribution >= 0.6 is 0 Å². The fraction of sp³-hybridized carbons (Fsp3) is 0.429. The van der Waals surface area contributed by atoms with Crippen LogP contribution in [0.15, 0.2) is 12.7 Å². The molecule has 0 aromatic carbocycles. The number of H-pyrrole nitrogens is 1. The molecule has 0 radical (unpaired) electrons. The summed E-state index contributed by atoms with van der Waals surface area (Å²) < 4.78 is 0. The molecule has 2 aromatic heterocycles. The molecule has 134 valence electrons. The molecule has 11 nitrogen and oxygen atoms in total. The Labute approximate surface area is 141 Å². The molecule has 0 fully saturated rings. The molecule has 0 saturated carbocycles. The molecule has 1 atom stereocenters. The number of imidazole rings is 1. The van der Waals surface area contributed by atoms with E-state index in [1.165, 1.54) is 12.7 Å². The first-order valence-electron chi connectivity index (χ1n) is 7.59. The first-order chi connectivity index (χ1) is 12.0. The van der Waals surface area contributed by atoms with Crippen molar-refractivity contribution < 1.29 is 24.6 Å². The molecule has 0 unspecified atom stereocenters. The van der Waals surface area contributed by atoms with Gasteiger partial charge in [0.15, 0.2) is 11.5 Å². The van der Waals surface area contributed by atoms with Gasteiger partial charge in [0.1, 0.15) is 17.9 Å². The zero-order chi connectivity index (χ0) is 18.2. The number of hydrogen-bond donors (Lipinski definition) is 5. The van der Waals surface area contributed by atoms with Gasteiger partial charge in [0.25, 0.3) is 0 Å². The average molecular weight is 350 g/mol. The Kier molecular flexibility index (Phi) is 6.20. The van der Waals surface area contributed by atoms with Crippen molar-refractivity contribution in [2.75, 3.05) is 11.9 Å². The highest BCUT2D eigenvalue weighted by molar-refractivity contribution is 5.84. The Morgan fingerprint density at radius 2 is 1.96 bits per heavy atom. The number of aromatic nitrogens is 4. The minimum absolute atomic E-state index is 0.0983. The van der Waals surface area contributed by atoms with Crippen molar-refractivity contribution in [3.63, 3.8) is 0 Å². The highest BCUT2D eigenvalue weighted by Crippen LogP contribution is 2.14. The molecule has 0 aliphatic heterocycles. The Morgan fingerprint density at radius 1 is 1.16 bits per heavy atom. The summed E-state index contributed by atoms with van der Waals surface area (Å²) in [7, 11) is 0. The number of amides is 1. The third kappa shape index (κ3) is 5.41. The standard InChI is InChI=1S/C14H18N6O5/c21-9(20-8(14(24)25)3-4-10(22)23)2-1-5-15-12-11-13(17-6-16-11)19-7-18-12/h6-8H,1-5H2,(H,20,21)(H,22,23)(H,24,25)(H2,15,16,17,18,19)/t8-/m0/s1. The Hall–Kier alpha value is -3.24. The van der Waals surface area contributed by atoms with E-state index in [1.807, 2.05) is 0 Å². The number of anilines is 1. The Bertz CT molecular complexity index is 761. The molecule has 2 rings (SSSR count). The van der Waals surface area contributed by atoms with Crippen LogP contribution in [0.3, 0.4) is 0 Å². The van der Waals surface area contributed by atoms with Crippen LogP contribution in [0.2, 0.25) is 0 Å². The lowest BCUT2D eigenvalue weighted by Gasteiger charge is -2.13. The topological polar surface area (TPSA) is 170 Å². The number of aliphatic carboxylic acids is 2. The van der Waals surface area contributed by atoms with E-state index < -0.39 is 23.9 Å². The lowest BCUT2D eigenvalue weighted by Crippen LogP contribution is -2.41. The van der Waals surface area contributed by atoms with E-state index in [1.54, 1.807) is 0 Å². The normalized spacial score (nSPS) is 11.8. The summed E-state index contributed by atoms with van der Waals surface area (Å²) in [6.07, 6.45) is 2.93. The number of rotatable bonds is 10. The van der Waals surface area contributed by atoms with Crippen molar-refractivity contribution in [3.8, 4) is 0 Å². The summed E-state index contributed by atoms with van der Waals surface area (Å²) in [6, 6.07) is -1.21. The molecule has 11 heteroatoms. The average Bonchev–Trinajstić information content (AvgIpc) is 3.04. The summed E-state index contributed by atoms with van der Waals surface area (Å²) >= 11 is 0. The fourth-order valence-electron chi connectivity index (χ4n) is 2.15. The van der Waals surface area contributed by atoms with E-state index in [0.29, 0.717) is 29.9 Å². The second-order valence-corrected chi connectivity index (χ2v) is 5.24. The Morgan fingerprint density at radius 3 is 2.68 bits per heavy atom. The summed E-state index contributed by atoms with van der Waals surface area (Å²) in [6.45, 7) is 0.436. The predicted octanol–water partition coefficient (Wildman–Crippen LogP) is -0.0208. The molecule has 0 spiro atoms. The molecule has 2 heterocycles. The number of nitrogens with one attached hydrogen (secondary N) is 3. The van der Waals surface area contributed by atoms with Crippen molar-refractivity contribution in [1.82, 2.24) is 25.3 Å². The number of carbonyl (C=O) groups is 3. The van der Waals surface area contributed by atoms with Crippen LogP contribution in [0.1, 0.15) is 25.7 Å². The van der Waals surface area contributed by atoms with Crippen LogP contribution in [0.5, 0.6) is 0 Å². The molecule has 0 bridgehead atoms. The van der Waals surface area contributed by atoms with Crippen molar-refractivity contribution >= 4 is 34.8 Å². The molecule has 25 heavy (non-hydrogen) atoms. The summed E-state index contributed by atoms with van der Waals surface area (Å²) in [5.41, 5.74) is 1.18. The van der Waals surface area contributed by atoms with E-state index >= 15 is 0 Å². The van der Waals surface area contributed by atoms with Crippen molar-refractivity contribution in [1.29, 1.82) is 0 Å². The van der Waals surface area contributed by atoms with Gasteiger partial charge in [-0.05, 0) is 12.8 Å². The van der Waals surface area contributed by atoms with Gasteiger partial charge in [-0.3, -0.25) is 9.59 Å².